The molecule has 0 bridgehead atoms. The fraction of sp³-hybridized carbons (Fsp3) is 0.500. The Balaban J connectivity index is 2.21. The molecule has 0 saturated carbocycles. The summed E-state index contributed by atoms with van der Waals surface area (Å²) in [5.74, 6) is -0.652. The molecule has 1 aliphatic rings. The van der Waals surface area contributed by atoms with Crippen molar-refractivity contribution >= 4 is 5.97 Å². The first-order chi connectivity index (χ1) is 8.68. The number of phenolic OH excluding ortho intramolecular Hbond substituents is 1. The molecule has 4 nitrogen and oxygen atoms in total. The van der Waals surface area contributed by atoms with Crippen molar-refractivity contribution in [2.45, 2.75) is 31.7 Å². The Morgan fingerprint density at radius 3 is 2.11 bits per heavy atom. The molecule has 1 atom stereocenters. The molecule has 1 aliphatic heterocycles. The van der Waals surface area contributed by atoms with Gasteiger partial charge in [0.25, 0.3) is 0 Å². The summed E-state index contributed by atoms with van der Waals surface area (Å²) in [5, 5.41) is 18.7. The van der Waals surface area contributed by atoms with Gasteiger partial charge in [-0.2, -0.15) is 0 Å². The fourth-order valence-electron chi connectivity index (χ4n) is 2.52. The summed E-state index contributed by atoms with van der Waals surface area (Å²) < 4.78 is 0. The van der Waals surface area contributed by atoms with Crippen molar-refractivity contribution in [3.8, 4) is 5.75 Å². The van der Waals surface area contributed by atoms with Gasteiger partial charge in [-0.05, 0) is 43.6 Å². The highest BCUT2D eigenvalue weighted by atomic mass is 16.4. The van der Waals surface area contributed by atoms with Crippen LogP contribution in [0.25, 0.3) is 0 Å². The van der Waals surface area contributed by atoms with Crippen molar-refractivity contribution in [2.24, 2.45) is 0 Å². The lowest BCUT2D eigenvalue weighted by atomic mass is 10.0. The number of hydrogen-bond acceptors (Lipinski definition) is 3. The lowest BCUT2D eigenvalue weighted by Gasteiger charge is -2.27. The standard InChI is InChI=1S/C14H19NO3/c16-12-7-5-11(6-8-12)13(14(17)18)15-9-3-1-2-4-10-15/h5-8,13,16H,1-4,9-10H2,(H,17,18)/t13-/m1/s1. The van der Waals surface area contributed by atoms with E-state index in [1.54, 1.807) is 24.3 Å². The van der Waals surface area contributed by atoms with Gasteiger partial charge in [0.05, 0.1) is 0 Å². The number of nitrogens with zero attached hydrogens (tertiary/aromatic N) is 1. The second kappa shape index (κ2) is 5.87. The summed E-state index contributed by atoms with van der Waals surface area (Å²) in [4.78, 5) is 13.5. The number of aliphatic carboxylic acids is 1. The highest BCUT2D eigenvalue weighted by Crippen LogP contribution is 2.25. The first kappa shape index (κ1) is 12.9. The highest BCUT2D eigenvalue weighted by molar-refractivity contribution is 5.75. The van der Waals surface area contributed by atoms with Crippen molar-refractivity contribution in [3.63, 3.8) is 0 Å². The molecule has 1 saturated heterocycles. The number of benzene rings is 1. The van der Waals surface area contributed by atoms with Crippen LogP contribution in [-0.2, 0) is 4.79 Å². The molecular formula is C14H19NO3. The monoisotopic (exact) mass is 249 g/mol. The van der Waals surface area contributed by atoms with Crippen LogP contribution in [0.5, 0.6) is 5.75 Å². The van der Waals surface area contributed by atoms with Gasteiger partial charge < -0.3 is 10.2 Å². The van der Waals surface area contributed by atoms with E-state index >= 15 is 0 Å². The Hall–Kier alpha value is -1.55. The number of carboxylic acids is 1. The minimum absolute atomic E-state index is 0.166. The van der Waals surface area contributed by atoms with E-state index in [2.05, 4.69) is 0 Å². The summed E-state index contributed by atoms with van der Waals surface area (Å²) in [5.41, 5.74) is 0.738. The predicted octanol–water partition coefficient (Wildman–Crippen LogP) is 2.39. The number of phenols is 1. The third-order valence-electron chi connectivity index (χ3n) is 3.45. The molecule has 0 amide bonds. The molecule has 2 N–H and O–H groups in total. The molecule has 1 aromatic carbocycles. The maximum Gasteiger partial charge on any atom is 0.325 e. The lowest BCUT2D eigenvalue weighted by Crippen LogP contribution is -2.34. The van der Waals surface area contributed by atoms with Crippen LogP contribution < -0.4 is 0 Å². The zero-order chi connectivity index (χ0) is 13.0. The minimum atomic E-state index is -0.817. The minimum Gasteiger partial charge on any atom is -0.508 e. The van der Waals surface area contributed by atoms with E-state index in [4.69, 9.17) is 0 Å². The van der Waals surface area contributed by atoms with Crippen LogP contribution in [-0.4, -0.2) is 34.2 Å². The Labute approximate surface area is 107 Å². The van der Waals surface area contributed by atoms with Crippen LogP contribution in [0, 0.1) is 0 Å². The van der Waals surface area contributed by atoms with Crippen molar-refractivity contribution in [2.75, 3.05) is 13.1 Å². The van der Waals surface area contributed by atoms with E-state index in [0.29, 0.717) is 0 Å². The molecule has 0 unspecified atom stereocenters. The van der Waals surface area contributed by atoms with E-state index in [0.717, 1.165) is 31.5 Å². The molecule has 98 valence electrons. The second-order valence-corrected chi connectivity index (χ2v) is 4.78. The molecule has 2 rings (SSSR count). The topological polar surface area (TPSA) is 60.8 Å². The molecular weight excluding hydrogens is 230 g/mol. The van der Waals surface area contributed by atoms with Gasteiger partial charge in [-0.3, -0.25) is 9.69 Å². The van der Waals surface area contributed by atoms with Gasteiger partial charge in [0.1, 0.15) is 11.8 Å². The van der Waals surface area contributed by atoms with Crippen LogP contribution in [0.3, 0.4) is 0 Å². The molecule has 0 radical (unpaired) electrons. The zero-order valence-corrected chi connectivity index (χ0v) is 10.4. The van der Waals surface area contributed by atoms with Crippen LogP contribution in [0.2, 0.25) is 0 Å². The highest BCUT2D eigenvalue weighted by Gasteiger charge is 2.27. The van der Waals surface area contributed by atoms with Crippen LogP contribution in [0.15, 0.2) is 24.3 Å². The van der Waals surface area contributed by atoms with Crippen LogP contribution in [0.4, 0.5) is 0 Å². The number of hydrogen-bond donors (Lipinski definition) is 2. The Kier molecular flexibility index (Phi) is 4.20. The SMILES string of the molecule is O=C(O)[C@@H](c1ccc(O)cc1)N1CCCCCC1. The van der Waals surface area contributed by atoms with Gasteiger partial charge in [0.2, 0.25) is 0 Å². The smallest absolute Gasteiger partial charge is 0.325 e. The summed E-state index contributed by atoms with van der Waals surface area (Å²) in [6, 6.07) is 5.88. The van der Waals surface area contributed by atoms with Crippen molar-refractivity contribution in [1.29, 1.82) is 0 Å². The molecule has 1 fully saturated rings. The lowest BCUT2D eigenvalue weighted by molar-refractivity contribution is -0.143. The van der Waals surface area contributed by atoms with Gasteiger partial charge in [0, 0.05) is 0 Å². The Morgan fingerprint density at radius 1 is 1.06 bits per heavy atom. The first-order valence-corrected chi connectivity index (χ1v) is 6.44. The van der Waals surface area contributed by atoms with E-state index in [1.165, 1.54) is 12.8 Å². The average Bonchev–Trinajstić information content (AvgIpc) is 2.60. The summed E-state index contributed by atoms with van der Waals surface area (Å²) in [7, 11) is 0. The third kappa shape index (κ3) is 3.01. The normalized spacial score (nSPS) is 19.1. The predicted molar refractivity (Wildman–Crippen MR) is 68.5 cm³/mol. The van der Waals surface area contributed by atoms with E-state index in [9.17, 15) is 15.0 Å². The van der Waals surface area contributed by atoms with Gasteiger partial charge in [-0.25, -0.2) is 0 Å². The maximum absolute atomic E-state index is 11.5. The van der Waals surface area contributed by atoms with Crippen LogP contribution in [0.1, 0.15) is 37.3 Å². The molecule has 18 heavy (non-hydrogen) atoms. The van der Waals surface area contributed by atoms with E-state index in [1.807, 2.05) is 4.90 Å². The summed E-state index contributed by atoms with van der Waals surface area (Å²) >= 11 is 0. The number of carboxylic acid groups (broad SMARTS) is 1. The van der Waals surface area contributed by atoms with Gasteiger partial charge in [0.15, 0.2) is 0 Å². The Bertz CT molecular complexity index is 394. The molecule has 1 heterocycles. The Morgan fingerprint density at radius 2 is 1.61 bits per heavy atom. The van der Waals surface area contributed by atoms with Crippen molar-refractivity contribution in [1.82, 2.24) is 4.90 Å². The molecule has 0 aromatic heterocycles. The molecule has 0 spiro atoms. The molecule has 4 heteroatoms. The number of rotatable bonds is 3. The van der Waals surface area contributed by atoms with Crippen molar-refractivity contribution in [3.05, 3.63) is 29.8 Å². The molecule has 0 aliphatic carbocycles. The summed E-state index contributed by atoms with van der Waals surface area (Å²) in [6.07, 6.45) is 4.47. The number of aromatic hydroxyl groups is 1. The first-order valence-electron chi connectivity index (χ1n) is 6.44. The summed E-state index contributed by atoms with van der Waals surface area (Å²) in [6.45, 7) is 1.66. The van der Waals surface area contributed by atoms with Crippen LogP contribution >= 0.6 is 0 Å². The van der Waals surface area contributed by atoms with E-state index in [-0.39, 0.29) is 5.75 Å². The quantitative estimate of drug-likeness (QED) is 0.863. The fourth-order valence-corrected chi connectivity index (χ4v) is 2.52. The van der Waals surface area contributed by atoms with Gasteiger partial charge in [-0.15, -0.1) is 0 Å². The number of likely N-dealkylation sites (tertiary alicyclic amines) is 1. The third-order valence-corrected chi connectivity index (χ3v) is 3.45. The largest absolute Gasteiger partial charge is 0.508 e. The zero-order valence-electron chi connectivity index (χ0n) is 10.4. The van der Waals surface area contributed by atoms with Gasteiger partial charge in [-0.1, -0.05) is 25.0 Å². The van der Waals surface area contributed by atoms with E-state index < -0.39 is 12.0 Å². The van der Waals surface area contributed by atoms with Gasteiger partial charge >= 0.3 is 5.97 Å². The average molecular weight is 249 g/mol. The number of carbonyl (C=O) groups is 1. The maximum atomic E-state index is 11.5. The second-order valence-electron chi connectivity index (χ2n) is 4.78. The molecule has 1 aromatic rings. The van der Waals surface area contributed by atoms with Crippen molar-refractivity contribution < 1.29 is 15.0 Å².